The maximum Gasteiger partial charge on any atom is 0.322 e. The molecule has 0 unspecified atom stereocenters. The van der Waals surface area contributed by atoms with E-state index < -0.39 is 6.04 Å². The van der Waals surface area contributed by atoms with Crippen molar-refractivity contribution in [2.45, 2.75) is 32.7 Å². The molecule has 172 valence electrons. The van der Waals surface area contributed by atoms with Gasteiger partial charge >= 0.3 is 6.03 Å². The average Bonchev–Trinajstić information content (AvgIpc) is 3.12. The maximum atomic E-state index is 13.3. The molecule has 0 aliphatic carbocycles. The van der Waals surface area contributed by atoms with Crippen molar-refractivity contribution < 1.29 is 14.4 Å². The van der Waals surface area contributed by atoms with Crippen LogP contribution < -0.4 is 10.6 Å². The molecule has 2 aliphatic rings. The SMILES string of the molecule is Cc1ccc([C@H]2NC(=O)N(C)C3=C2C(=O)N(CCC(=O)NCCc2ccccn2)C3)c(C)c1. The van der Waals surface area contributed by atoms with Crippen LogP contribution in [-0.4, -0.2) is 59.3 Å². The largest absolute Gasteiger partial charge is 0.356 e. The summed E-state index contributed by atoms with van der Waals surface area (Å²) in [5, 5.41) is 5.86. The molecule has 8 heteroatoms. The van der Waals surface area contributed by atoms with Crippen LogP contribution in [0.1, 0.15) is 34.8 Å². The summed E-state index contributed by atoms with van der Waals surface area (Å²) in [4.78, 5) is 45.6. The third kappa shape index (κ3) is 4.74. The highest BCUT2D eigenvalue weighted by atomic mass is 16.2. The first-order chi connectivity index (χ1) is 15.8. The minimum absolute atomic E-state index is 0.114. The summed E-state index contributed by atoms with van der Waals surface area (Å²) < 4.78 is 0. The molecule has 0 bridgehead atoms. The first-order valence-electron chi connectivity index (χ1n) is 11.2. The first kappa shape index (κ1) is 22.5. The Morgan fingerprint density at radius 2 is 2.03 bits per heavy atom. The number of urea groups is 1. The summed E-state index contributed by atoms with van der Waals surface area (Å²) in [6.45, 7) is 5.11. The quantitative estimate of drug-likeness (QED) is 0.681. The Kier molecular flexibility index (Phi) is 6.44. The van der Waals surface area contributed by atoms with Gasteiger partial charge in [-0.1, -0.05) is 29.8 Å². The maximum absolute atomic E-state index is 13.3. The van der Waals surface area contributed by atoms with Gasteiger partial charge in [-0.2, -0.15) is 0 Å². The van der Waals surface area contributed by atoms with Gasteiger partial charge in [-0.25, -0.2) is 4.79 Å². The fourth-order valence-electron chi connectivity index (χ4n) is 4.39. The van der Waals surface area contributed by atoms with Gasteiger partial charge in [0.15, 0.2) is 0 Å². The van der Waals surface area contributed by atoms with Crippen LogP contribution in [0.5, 0.6) is 0 Å². The van der Waals surface area contributed by atoms with Crippen molar-refractivity contribution in [2.75, 3.05) is 26.7 Å². The topological polar surface area (TPSA) is 94.6 Å². The number of pyridine rings is 1. The molecule has 4 rings (SSSR count). The molecule has 1 aromatic heterocycles. The van der Waals surface area contributed by atoms with E-state index in [1.54, 1.807) is 18.1 Å². The lowest BCUT2D eigenvalue weighted by Crippen LogP contribution is -2.45. The van der Waals surface area contributed by atoms with E-state index in [0.29, 0.717) is 37.3 Å². The fourth-order valence-corrected chi connectivity index (χ4v) is 4.39. The highest BCUT2D eigenvalue weighted by Crippen LogP contribution is 2.36. The van der Waals surface area contributed by atoms with Gasteiger partial charge in [0.2, 0.25) is 5.91 Å². The van der Waals surface area contributed by atoms with Gasteiger partial charge in [-0.05, 0) is 37.1 Å². The summed E-state index contributed by atoms with van der Waals surface area (Å²) >= 11 is 0. The van der Waals surface area contributed by atoms with Crippen molar-refractivity contribution in [1.82, 2.24) is 25.4 Å². The number of rotatable bonds is 7. The monoisotopic (exact) mass is 447 g/mol. The summed E-state index contributed by atoms with van der Waals surface area (Å²) in [5.74, 6) is -0.250. The van der Waals surface area contributed by atoms with Crippen molar-refractivity contribution in [1.29, 1.82) is 0 Å². The molecule has 0 spiro atoms. The van der Waals surface area contributed by atoms with Crippen LogP contribution in [0.4, 0.5) is 4.79 Å². The number of aromatic nitrogens is 1. The molecule has 2 aliphatic heterocycles. The highest BCUT2D eigenvalue weighted by Gasteiger charge is 2.43. The fraction of sp³-hybridized carbons (Fsp3) is 0.360. The molecule has 0 saturated heterocycles. The van der Waals surface area contributed by atoms with Gasteiger partial charge in [0, 0.05) is 44.9 Å². The van der Waals surface area contributed by atoms with Gasteiger partial charge in [0.05, 0.1) is 23.9 Å². The second kappa shape index (κ2) is 9.44. The van der Waals surface area contributed by atoms with E-state index in [1.807, 2.05) is 50.2 Å². The Balaban J connectivity index is 1.40. The van der Waals surface area contributed by atoms with E-state index in [4.69, 9.17) is 0 Å². The van der Waals surface area contributed by atoms with Crippen LogP contribution in [0, 0.1) is 13.8 Å². The molecule has 1 aromatic carbocycles. The Labute approximate surface area is 193 Å². The van der Waals surface area contributed by atoms with Gasteiger partial charge in [-0.15, -0.1) is 0 Å². The molecule has 33 heavy (non-hydrogen) atoms. The van der Waals surface area contributed by atoms with Gasteiger partial charge in [0.1, 0.15) is 0 Å². The zero-order chi connectivity index (χ0) is 23.5. The van der Waals surface area contributed by atoms with E-state index in [9.17, 15) is 14.4 Å². The third-order valence-corrected chi connectivity index (χ3v) is 6.21. The van der Waals surface area contributed by atoms with E-state index in [0.717, 1.165) is 22.4 Å². The normalized spacial score (nSPS) is 17.8. The van der Waals surface area contributed by atoms with Crippen molar-refractivity contribution >= 4 is 17.8 Å². The molecular formula is C25H29N5O3. The summed E-state index contributed by atoms with van der Waals surface area (Å²) in [7, 11) is 1.67. The number of hydrogen-bond donors (Lipinski definition) is 2. The second-order valence-corrected chi connectivity index (χ2v) is 8.56. The van der Waals surface area contributed by atoms with Crippen LogP contribution in [0.25, 0.3) is 0 Å². The van der Waals surface area contributed by atoms with Crippen molar-refractivity contribution in [3.63, 3.8) is 0 Å². The van der Waals surface area contributed by atoms with Crippen molar-refractivity contribution in [3.05, 3.63) is 76.2 Å². The van der Waals surface area contributed by atoms with E-state index in [2.05, 4.69) is 15.6 Å². The third-order valence-electron chi connectivity index (χ3n) is 6.21. The first-order valence-corrected chi connectivity index (χ1v) is 11.2. The van der Waals surface area contributed by atoms with E-state index in [1.165, 1.54) is 4.90 Å². The van der Waals surface area contributed by atoms with Crippen LogP contribution in [0.2, 0.25) is 0 Å². The lowest BCUT2D eigenvalue weighted by Gasteiger charge is -2.31. The number of aryl methyl sites for hydroxylation is 2. The summed E-state index contributed by atoms with van der Waals surface area (Å²) in [6.07, 6.45) is 2.59. The zero-order valence-electron chi connectivity index (χ0n) is 19.2. The Bertz CT molecular complexity index is 1110. The van der Waals surface area contributed by atoms with Gasteiger partial charge < -0.3 is 15.5 Å². The van der Waals surface area contributed by atoms with Crippen molar-refractivity contribution in [3.8, 4) is 0 Å². The molecule has 8 nitrogen and oxygen atoms in total. The van der Waals surface area contributed by atoms with Gasteiger partial charge in [0.25, 0.3) is 5.91 Å². The lowest BCUT2D eigenvalue weighted by atomic mass is 9.91. The number of nitrogens with zero attached hydrogens (tertiary/aromatic N) is 3. The molecule has 4 amide bonds. The standard InChI is InChI=1S/C25H29N5O3/c1-16-7-8-19(17(2)14-16)23-22-20(29(3)25(33)28-23)15-30(24(22)32)13-10-21(31)27-12-9-18-6-4-5-11-26-18/h4-8,11,14,23H,9-10,12-13,15H2,1-3H3,(H,27,31)(H,28,33)/t23-/m1/s1. The molecule has 2 aromatic rings. The predicted molar refractivity (Wildman–Crippen MR) is 124 cm³/mol. The second-order valence-electron chi connectivity index (χ2n) is 8.56. The Morgan fingerprint density at radius 1 is 1.21 bits per heavy atom. The number of carbonyl (C=O) groups excluding carboxylic acids is 3. The van der Waals surface area contributed by atoms with Crippen LogP contribution in [0.3, 0.4) is 0 Å². The summed E-state index contributed by atoms with van der Waals surface area (Å²) in [5.41, 5.74) is 5.26. The van der Waals surface area contributed by atoms with Crippen LogP contribution >= 0.6 is 0 Å². The molecule has 0 fully saturated rings. The van der Waals surface area contributed by atoms with Crippen molar-refractivity contribution in [2.24, 2.45) is 0 Å². The highest BCUT2D eigenvalue weighted by molar-refractivity contribution is 6.01. The van der Waals surface area contributed by atoms with E-state index >= 15 is 0 Å². The van der Waals surface area contributed by atoms with Crippen LogP contribution in [0.15, 0.2) is 53.9 Å². The predicted octanol–water partition coefficient (Wildman–Crippen LogP) is 2.24. The Morgan fingerprint density at radius 3 is 2.76 bits per heavy atom. The zero-order valence-corrected chi connectivity index (χ0v) is 19.2. The average molecular weight is 448 g/mol. The molecule has 2 N–H and O–H groups in total. The number of carbonyl (C=O) groups is 3. The number of amides is 4. The van der Waals surface area contributed by atoms with E-state index in [-0.39, 0.29) is 24.3 Å². The summed E-state index contributed by atoms with van der Waals surface area (Å²) in [6, 6.07) is 11.0. The number of benzene rings is 1. The molecule has 0 radical (unpaired) electrons. The van der Waals surface area contributed by atoms with Crippen LogP contribution in [-0.2, 0) is 16.0 Å². The smallest absolute Gasteiger partial charge is 0.322 e. The lowest BCUT2D eigenvalue weighted by molar-refractivity contribution is -0.127. The number of nitrogens with one attached hydrogen (secondary N) is 2. The van der Waals surface area contributed by atoms with Gasteiger partial charge in [-0.3, -0.25) is 19.5 Å². The molecule has 1 atom stereocenters. The molecular weight excluding hydrogens is 418 g/mol. The minimum Gasteiger partial charge on any atom is -0.356 e. The number of likely N-dealkylation sites (N-methyl/N-ethyl adjacent to an activating group) is 1. The molecule has 3 heterocycles. The Hall–Kier alpha value is -3.68. The minimum atomic E-state index is -0.492. The molecule has 0 saturated carbocycles. The number of hydrogen-bond acceptors (Lipinski definition) is 4.